The molecule has 1 rings (SSSR count). The van der Waals surface area contributed by atoms with Crippen molar-refractivity contribution in [2.24, 2.45) is 5.92 Å². The average Bonchev–Trinajstić information content (AvgIpc) is 2.74. The number of carboxylic acid groups (broad SMARTS) is 1. The van der Waals surface area contributed by atoms with Crippen LogP contribution in [0, 0.1) is 5.92 Å². The van der Waals surface area contributed by atoms with Crippen molar-refractivity contribution in [2.45, 2.75) is 38.8 Å². The van der Waals surface area contributed by atoms with Gasteiger partial charge in [0.1, 0.15) is 12.6 Å². The number of hydrogen-bond acceptors (Lipinski definition) is 4. The quantitative estimate of drug-likeness (QED) is 0.754. The highest BCUT2D eigenvalue weighted by atomic mass is 16.6. The molecule has 17 heavy (non-hydrogen) atoms. The summed E-state index contributed by atoms with van der Waals surface area (Å²) in [5.74, 6) is -1.25. The highest BCUT2D eigenvalue weighted by molar-refractivity contribution is 5.80. The smallest absolute Gasteiger partial charge is 0.407 e. The molecular formula is C11H19NO5. The van der Waals surface area contributed by atoms with Crippen molar-refractivity contribution < 1.29 is 24.2 Å². The van der Waals surface area contributed by atoms with Crippen LogP contribution in [-0.2, 0) is 14.3 Å². The Balaban J connectivity index is 2.29. The van der Waals surface area contributed by atoms with E-state index in [4.69, 9.17) is 14.6 Å². The first-order valence-corrected chi connectivity index (χ1v) is 5.78. The van der Waals surface area contributed by atoms with E-state index in [1.165, 1.54) is 0 Å². The third-order valence-electron chi connectivity index (χ3n) is 2.63. The number of hydrogen-bond donors (Lipinski definition) is 2. The number of amides is 1. The minimum Gasteiger partial charge on any atom is -0.480 e. The monoisotopic (exact) mass is 245 g/mol. The van der Waals surface area contributed by atoms with Gasteiger partial charge in [-0.25, -0.2) is 9.59 Å². The number of alkyl carbamates (subject to hydrolysis) is 1. The molecule has 1 fully saturated rings. The van der Waals surface area contributed by atoms with E-state index < -0.39 is 18.1 Å². The fraction of sp³-hybridized carbons (Fsp3) is 0.818. The number of nitrogens with one attached hydrogen (secondary N) is 1. The minimum absolute atomic E-state index is 0.0527. The third-order valence-corrected chi connectivity index (χ3v) is 2.63. The molecule has 2 N–H and O–H groups in total. The lowest BCUT2D eigenvalue weighted by Crippen LogP contribution is -2.45. The van der Waals surface area contributed by atoms with E-state index in [1.54, 1.807) is 13.8 Å². The maximum absolute atomic E-state index is 11.4. The Bertz CT molecular complexity index is 273. The molecule has 0 aromatic carbocycles. The molecule has 0 aromatic heterocycles. The zero-order valence-corrected chi connectivity index (χ0v) is 10.1. The van der Waals surface area contributed by atoms with E-state index in [2.05, 4.69) is 5.32 Å². The van der Waals surface area contributed by atoms with E-state index in [9.17, 15) is 9.59 Å². The van der Waals surface area contributed by atoms with E-state index >= 15 is 0 Å². The summed E-state index contributed by atoms with van der Waals surface area (Å²) in [6, 6.07) is -0.924. The van der Waals surface area contributed by atoms with Crippen molar-refractivity contribution in [3.05, 3.63) is 0 Å². The average molecular weight is 245 g/mol. The molecule has 1 amide bonds. The largest absolute Gasteiger partial charge is 0.480 e. The van der Waals surface area contributed by atoms with Gasteiger partial charge >= 0.3 is 12.1 Å². The van der Waals surface area contributed by atoms with Gasteiger partial charge in [-0.1, -0.05) is 13.8 Å². The molecule has 0 bridgehead atoms. The minimum atomic E-state index is -1.06. The van der Waals surface area contributed by atoms with Crippen LogP contribution in [0.3, 0.4) is 0 Å². The highest BCUT2D eigenvalue weighted by Gasteiger charge is 2.25. The number of carbonyl (C=O) groups is 2. The SMILES string of the molecule is CC(C)[C@H](NC(=O)OC[C@H]1CCCO1)C(=O)O. The highest BCUT2D eigenvalue weighted by Crippen LogP contribution is 2.12. The van der Waals surface area contributed by atoms with Gasteiger partial charge in [-0.05, 0) is 18.8 Å². The van der Waals surface area contributed by atoms with Crippen LogP contribution in [0.4, 0.5) is 4.79 Å². The number of carbonyl (C=O) groups excluding carboxylic acids is 1. The lowest BCUT2D eigenvalue weighted by Gasteiger charge is -2.18. The molecule has 98 valence electrons. The zero-order chi connectivity index (χ0) is 12.8. The van der Waals surface area contributed by atoms with Gasteiger partial charge in [0.05, 0.1) is 6.10 Å². The van der Waals surface area contributed by atoms with Gasteiger partial charge in [0, 0.05) is 6.61 Å². The lowest BCUT2D eigenvalue weighted by molar-refractivity contribution is -0.140. The molecule has 0 radical (unpaired) electrons. The van der Waals surface area contributed by atoms with Gasteiger partial charge in [0.2, 0.25) is 0 Å². The van der Waals surface area contributed by atoms with E-state index in [1.807, 2.05) is 0 Å². The van der Waals surface area contributed by atoms with Crippen molar-refractivity contribution in [3.8, 4) is 0 Å². The molecule has 1 aliphatic heterocycles. The van der Waals surface area contributed by atoms with Gasteiger partial charge in [-0.3, -0.25) is 0 Å². The summed E-state index contributed by atoms with van der Waals surface area (Å²) < 4.78 is 10.2. The number of carboxylic acids is 1. The van der Waals surface area contributed by atoms with Gasteiger partial charge in [-0.2, -0.15) is 0 Å². The summed E-state index contributed by atoms with van der Waals surface area (Å²) in [5, 5.41) is 11.2. The second kappa shape index (κ2) is 6.44. The van der Waals surface area contributed by atoms with Crippen LogP contribution in [0.15, 0.2) is 0 Å². The number of ether oxygens (including phenoxy) is 2. The molecule has 0 aromatic rings. The van der Waals surface area contributed by atoms with Crippen molar-refractivity contribution in [1.29, 1.82) is 0 Å². The Morgan fingerprint density at radius 1 is 1.53 bits per heavy atom. The standard InChI is InChI=1S/C11H19NO5/c1-7(2)9(10(13)14)12-11(15)17-6-8-4-3-5-16-8/h7-9H,3-6H2,1-2H3,(H,12,15)(H,13,14)/t8-,9+/m1/s1. The molecule has 1 heterocycles. The molecule has 6 nitrogen and oxygen atoms in total. The Morgan fingerprint density at radius 2 is 2.24 bits per heavy atom. The van der Waals surface area contributed by atoms with E-state index in [0.717, 1.165) is 12.8 Å². The Hall–Kier alpha value is -1.30. The molecule has 0 unspecified atom stereocenters. The lowest BCUT2D eigenvalue weighted by atomic mass is 10.1. The summed E-state index contributed by atoms with van der Waals surface area (Å²) in [4.78, 5) is 22.2. The van der Waals surface area contributed by atoms with Crippen LogP contribution in [0.1, 0.15) is 26.7 Å². The van der Waals surface area contributed by atoms with Gasteiger partial charge in [-0.15, -0.1) is 0 Å². The van der Waals surface area contributed by atoms with Crippen molar-refractivity contribution in [3.63, 3.8) is 0 Å². The Kier molecular flexibility index (Phi) is 5.21. The maximum atomic E-state index is 11.4. The van der Waals surface area contributed by atoms with Crippen LogP contribution in [-0.4, -0.2) is 42.5 Å². The predicted octanol–water partition coefficient (Wildman–Crippen LogP) is 1.00. The van der Waals surface area contributed by atoms with Crippen molar-refractivity contribution in [1.82, 2.24) is 5.32 Å². The number of rotatable bonds is 5. The molecule has 1 saturated heterocycles. The van der Waals surface area contributed by atoms with Crippen LogP contribution >= 0.6 is 0 Å². The van der Waals surface area contributed by atoms with Crippen molar-refractivity contribution in [2.75, 3.05) is 13.2 Å². The zero-order valence-electron chi connectivity index (χ0n) is 10.1. The first kappa shape index (κ1) is 13.8. The second-order valence-electron chi connectivity index (χ2n) is 4.44. The van der Waals surface area contributed by atoms with E-state index in [-0.39, 0.29) is 18.6 Å². The molecule has 0 spiro atoms. The summed E-state index contributed by atoms with van der Waals surface area (Å²) in [6.07, 6.45) is 1.09. The summed E-state index contributed by atoms with van der Waals surface area (Å²) in [5.41, 5.74) is 0. The molecule has 2 atom stereocenters. The van der Waals surface area contributed by atoms with Crippen LogP contribution in [0.2, 0.25) is 0 Å². The molecule has 6 heteroatoms. The van der Waals surface area contributed by atoms with Crippen molar-refractivity contribution >= 4 is 12.1 Å². The first-order chi connectivity index (χ1) is 8.00. The third kappa shape index (κ3) is 4.60. The summed E-state index contributed by atoms with van der Waals surface area (Å²) >= 11 is 0. The maximum Gasteiger partial charge on any atom is 0.407 e. The first-order valence-electron chi connectivity index (χ1n) is 5.78. The molecule has 1 aliphatic rings. The fourth-order valence-corrected chi connectivity index (χ4v) is 1.63. The fourth-order valence-electron chi connectivity index (χ4n) is 1.63. The van der Waals surface area contributed by atoms with Gasteiger partial charge in [0.15, 0.2) is 0 Å². The van der Waals surface area contributed by atoms with E-state index in [0.29, 0.717) is 6.61 Å². The second-order valence-corrected chi connectivity index (χ2v) is 4.44. The Labute approximate surface area is 100 Å². The van der Waals surface area contributed by atoms with Crippen LogP contribution < -0.4 is 5.32 Å². The summed E-state index contributed by atoms with van der Waals surface area (Å²) in [6.45, 7) is 4.31. The topological polar surface area (TPSA) is 84.9 Å². The summed E-state index contributed by atoms with van der Waals surface area (Å²) in [7, 11) is 0. The molecular weight excluding hydrogens is 226 g/mol. The van der Waals surface area contributed by atoms with Crippen LogP contribution in [0.25, 0.3) is 0 Å². The van der Waals surface area contributed by atoms with Crippen LogP contribution in [0.5, 0.6) is 0 Å². The van der Waals surface area contributed by atoms with Gasteiger partial charge < -0.3 is 19.9 Å². The predicted molar refractivity (Wildman–Crippen MR) is 59.7 cm³/mol. The molecule has 0 saturated carbocycles. The molecule has 0 aliphatic carbocycles. The normalized spacial score (nSPS) is 21.2. The van der Waals surface area contributed by atoms with Gasteiger partial charge in [0.25, 0.3) is 0 Å². The number of aliphatic carboxylic acids is 1. The Morgan fingerprint density at radius 3 is 2.71 bits per heavy atom.